The van der Waals surface area contributed by atoms with Crippen LogP contribution in [0.2, 0.25) is 0 Å². The molecule has 4 heteroatoms. The predicted molar refractivity (Wildman–Crippen MR) is 81.2 cm³/mol. The largest absolute Gasteiger partial charge is 0.369 e. The van der Waals surface area contributed by atoms with Crippen molar-refractivity contribution in [2.24, 2.45) is 5.92 Å². The number of hydrogen-bond acceptors (Lipinski definition) is 3. The quantitative estimate of drug-likeness (QED) is 0.921. The SMILES string of the molecule is CSCC(C)Cn1c(N)nc2cc(C)c(C)cc21. The Labute approximate surface area is 113 Å². The second-order valence-corrected chi connectivity index (χ2v) is 5.98. The summed E-state index contributed by atoms with van der Waals surface area (Å²) in [5, 5.41) is 0. The lowest BCUT2D eigenvalue weighted by Gasteiger charge is -2.13. The number of aromatic nitrogens is 2. The molecule has 1 aromatic carbocycles. The summed E-state index contributed by atoms with van der Waals surface area (Å²) >= 11 is 1.87. The average molecular weight is 263 g/mol. The van der Waals surface area contributed by atoms with E-state index in [1.54, 1.807) is 0 Å². The summed E-state index contributed by atoms with van der Waals surface area (Å²) in [6.45, 7) is 7.43. The van der Waals surface area contributed by atoms with E-state index in [0.717, 1.165) is 23.3 Å². The molecule has 0 aliphatic heterocycles. The van der Waals surface area contributed by atoms with Crippen molar-refractivity contribution in [3.8, 4) is 0 Å². The first-order valence-electron chi connectivity index (χ1n) is 6.24. The Morgan fingerprint density at radius 2 is 2.00 bits per heavy atom. The molecule has 0 saturated carbocycles. The van der Waals surface area contributed by atoms with Gasteiger partial charge >= 0.3 is 0 Å². The van der Waals surface area contributed by atoms with E-state index in [4.69, 9.17) is 5.73 Å². The average Bonchev–Trinajstić information content (AvgIpc) is 2.57. The van der Waals surface area contributed by atoms with Crippen molar-refractivity contribution in [1.82, 2.24) is 9.55 Å². The van der Waals surface area contributed by atoms with Crippen LogP contribution in [-0.2, 0) is 6.54 Å². The molecule has 1 aromatic heterocycles. The van der Waals surface area contributed by atoms with E-state index in [1.807, 2.05) is 11.8 Å². The lowest BCUT2D eigenvalue weighted by atomic mass is 10.1. The second kappa shape index (κ2) is 5.22. The van der Waals surface area contributed by atoms with Crippen LogP contribution in [0.5, 0.6) is 0 Å². The minimum absolute atomic E-state index is 0.598. The molecule has 0 aliphatic carbocycles. The Balaban J connectivity index is 2.43. The summed E-state index contributed by atoms with van der Waals surface area (Å²) < 4.78 is 2.14. The number of imidazole rings is 1. The molecular weight excluding hydrogens is 242 g/mol. The van der Waals surface area contributed by atoms with Gasteiger partial charge in [0.25, 0.3) is 0 Å². The van der Waals surface area contributed by atoms with Crippen molar-refractivity contribution in [3.63, 3.8) is 0 Å². The maximum Gasteiger partial charge on any atom is 0.201 e. The summed E-state index contributed by atoms with van der Waals surface area (Å²) in [7, 11) is 0. The number of nitrogens with two attached hydrogens (primary N) is 1. The van der Waals surface area contributed by atoms with Crippen LogP contribution < -0.4 is 5.73 Å². The molecule has 1 unspecified atom stereocenters. The van der Waals surface area contributed by atoms with Gasteiger partial charge in [-0.3, -0.25) is 0 Å². The maximum atomic E-state index is 6.04. The first kappa shape index (κ1) is 13.3. The Morgan fingerprint density at radius 1 is 1.33 bits per heavy atom. The highest BCUT2D eigenvalue weighted by molar-refractivity contribution is 7.98. The second-order valence-electron chi connectivity index (χ2n) is 5.07. The third-order valence-electron chi connectivity index (χ3n) is 3.34. The summed E-state index contributed by atoms with van der Waals surface area (Å²) in [5.41, 5.74) is 10.8. The van der Waals surface area contributed by atoms with E-state index < -0.39 is 0 Å². The van der Waals surface area contributed by atoms with Crippen LogP contribution in [0.1, 0.15) is 18.1 Å². The maximum absolute atomic E-state index is 6.04. The first-order chi connectivity index (χ1) is 8.52. The molecule has 1 atom stereocenters. The molecule has 2 N–H and O–H groups in total. The van der Waals surface area contributed by atoms with Crippen LogP contribution >= 0.6 is 11.8 Å². The molecule has 2 aromatic rings. The van der Waals surface area contributed by atoms with Crippen LogP contribution in [-0.4, -0.2) is 21.6 Å². The van der Waals surface area contributed by atoms with Crippen LogP contribution in [0.4, 0.5) is 5.95 Å². The number of anilines is 1. The molecule has 2 rings (SSSR count). The van der Waals surface area contributed by atoms with Crippen molar-refractivity contribution >= 4 is 28.7 Å². The van der Waals surface area contributed by atoms with Crippen LogP contribution in [0.15, 0.2) is 12.1 Å². The molecule has 18 heavy (non-hydrogen) atoms. The summed E-state index contributed by atoms with van der Waals surface area (Å²) in [4.78, 5) is 4.46. The van der Waals surface area contributed by atoms with Crippen LogP contribution in [0.25, 0.3) is 11.0 Å². The molecule has 0 radical (unpaired) electrons. The predicted octanol–water partition coefficient (Wildman–Crippen LogP) is 3.23. The highest BCUT2D eigenvalue weighted by Crippen LogP contribution is 2.23. The Kier molecular flexibility index (Phi) is 3.85. The zero-order chi connectivity index (χ0) is 13.3. The zero-order valence-electron chi connectivity index (χ0n) is 11.5. The molecule has 0 saturated heterocycles. The summed E-state index contributed by atoms with van der Waals surface area (Å²) in [6.07, 6.45) is 2.14. The van der Waals surface area contributed by atoms with Gasteiger partial charge in [-0.05, 0) is 55.0 Å². The molecule has 0 aliphatic rings. The molecule has 98 valence electrons. The number of nitrogens with zero attached hydrogens (tertiary/aromatic N) is 2. The number of thioether (sulfide) groups is 1. The van der Waals surface area contributed by atoms with E-state index in [1.165, 1.54) is 11.1 Å². The Bertz CT molecular complexity index is 560. The zero-order valence-corrected chi connectivity index (χ0v) is 12.3. The van der Waals surface area contributed by atoms with Crippen molar-refractivity contribution in [2.45, 2.75) is 27.3 Å². The van der Waals surface area contributed by atoms with Crippen molar-refractivity contribution in [3.05, 3.63) is 23.3 Å². The number of rotatable bonds is 4. The van der Waals surface area contributed by atoms with Crippen LogP contribution in [0, 0.1) is 19.8 Å². The van der Waals surface area contributed by atoms with E-state index >= 15 is 0 Å². The van der Waals surface area contributed by atoms with Crippen molar-refractivity contribution in [1.29, 1.82) is 0 Å². The fraction of sp³-hybridized carbons (Fsp3) is 0.500. The Hall–Kier alpha value is -1.16. The fourth-order valence-electron chi connectivity index (χ4n) is 2.24. The Morgan fingerprint density at radius 3 is 2.67 bits per heavy atom. The molecule has 0 spiro atoms. The van der Waals surface area contributed by atoms with Gasteiger partial charge in [0.15, 0.2) is 0 Å². The van der Waals surface area contributed by atoms with Crippen LogP contribution in [0.3, 0.4) is 0 Å². The van der Waals surface area contributed by atoms with Gasteiger partial charge in [0.1, 0.15) is 0 Å². The lowest BCUT2D eigenvalue weighted by Crippen LogP contribution is -2.12. The smallest absolute Gasteiger partial charge is 0.201 e. The third-order valence-corrected chi connectivity index (χ3v) is 4.24. The van der Waals surface area contributed by atoms with E-state index in [0.29, 0.717) is 11.9 Å². The minimum Gasteiger partial charge on any atom is -0.369 e. The summed E-state index contributed by atoms with van der Waals surface area (Å²) in [6, 6.07) is 4.32. The number of benzene rings is 1. The van der Waals surface area contributed by atoms with Gasteiger partial charge < -0.3 is 10.3 Å². The molecule has 0 fully saturated rings. The summed E-state index contributed by atoms with van der Waals surface area (Å²) in [5.74, 6) is 2.37. The van der Waals surface area contributed by atoms with Crippen molar-refractivity contribution in [2.75, 3.05) is 17.7 Å². The van der Waals surface area contributed by atoms with Gasteiger partial charge in [-0.25, -0.2) is 4.98 Å². The lowest BCUT2D eigenvalue weighted by molar-refractivity contribution is 0.546. The van der Waals surface area contributed by atoms with Gasteiger partial charge in [-0.15, -0.1) is 0 Å². The van der Waals surface area contributed by atoms with E-state index in [9.17, 15) is 0 Å². The number of fused-ring (bicyclic) bond motifs is 1. The monoisotopic (exact) mass is 263 g/mol. The normalized spacial score (nSPS) is 13.1. The highest BCUT2D eigenvalue weighted by atomic mass is 32.2. The number of nitrogen functional groups attached to an aromatic ring is 1. The van der Waals surface area contributed by atoms with Gasteiger partial charge in [0.2, 0.25) is 5.95 Å². The molecule has 3 nitrogen and oxygen atoms in total. The standard InChI is InChI=1S/C14H21N3S/c1-9(8-18-4)7-17-13-6-11(3)10(2)5-12(13)16-14(17)15/h5-6,9H,7-8H2,1-4H3,(H2,15,16). The van der Waals surface area contributed by atoms with E-state index in [-0.39, 0.29) is 0 Å². The first-order valence-corrected chi connectivity index (χ1v) is 7.64. The molecule has 0 amide bonds. The van der Waals surface area contributed by atoms with Gasteiger partial charge in [-0.2, -0.15) is 11.8 Å². The van der Waals surface area contributed by atoms with E-state index in [2.05, 4.69) is 48.7 Å². The van der Waals surface area contributed by atoms with Crippen molar-refractivity contribution < 1.29 is 0 Å². The molecular formula is C14H21N3S. The van der Waals surface area contributed by atoms with Gasteiger partial charge in [-0.1, -0.05) is 6.92 Å². The third kappa shape index (κ3) is 2.48. The minimum atomic E-state index is 0.598. The number of aryl methyl sites for hydroxylation is 2. The fourth-order valence-corrected chi connectivity index (χ4v) is 2.91. The topological polar surface area (TPSA) is 43.8 Å². The molecule has 0 bridgehead atoms. The van der Waals surface area contributed by atoms with Gasteiger partial charge in [0.05, 0.1) is 11.0 Å². The molecule has 1 heterocycles. The van der Waals surface area contributed by atoms with Gasteiger partial charge in [0, 0.05) is 6.54 Å². The highest BCUT2D eigenvalue weighted by Gasteiger charge is 2.12. The number of hydrogen-bond donors (Lipinski definition) is 1.